The van der Waals surface area contributed by atoms with Gasteiger partial charge in [-0.25, -0.2) is 8.42 Å². The maximum Gasteiger partial charge on any atom is 0.501 e. The molecule has 134 valence electrons. The van der Waals surface area contributed by atoms with Gasteiger partial charge >= 0.3 is 5.51 Å². The average molecular weight is 364 g/mol. The second kappa shape index (κ2) is 6.72. The van der Waals surface area contributed by atoms with E-state index in [1.165, 1.54) is 0 Å². The van der Waals surface area contributed by atoms with E-state index in [-0.39, 0.29) is 23.4 Å². The first kappa shape index (κ1) is 18.7. The molecule has 1 heterocycles. The largest absolute Gasteiger partial charge is 0.501 e. The SMILES string of the molecule is CC1CCCN(C(=O)c2ccc(S(=O)(=O)C(F)(F)F)cc2)C1CN. The highest BCUT2D eigenvalue weighted by Crippen LogP contribution is 2.30. The number of alkyl halides is 3. The predicted octanol–water partition coefficient (Wildman–Crippen LogP) is 2.18. The summed E-state index contributed by atoms with van der Waals surface area (Å²) in [6.07, 6.45) is 1.78. The molecule has 1 aromatic rings. The van der Waals surface area contributed by atoms with Gasteiger partial charge in [0.15, 0.2) is 0 Å². The Morgan fingerprint density at radius 3 is 2.38 bits per heavy atom. The molecule has 5 nitrogen and oxygen atoms in total. The molecule has 2 N–H and O–H groups in total. The molecule has 0 bridgehead atoms. The highest BCUT2D eigenvalue weighted by Gasteiger charge is 2.46. The van der Waals surface area contributed by atoms with E-state index >= 15 is 0 Å². The fourth-order valence-corrected chi connectivity index (χ4v) is 3.70. The van der Waals surface area contributed by atoms with Crippen molar-refractivity contribution >= 4 is 15.7 Å². The fourth-order valence-electron chi connectivity index (χ4n) is 2.94. The van der Waals surface area contributed by atoms with E-state index < -0.39 is 20.2 Å². The standard InChI is InChI=1S/C15H19F3N2O3S/c1-10-3-2-8-20(13(10)9-19)14(21)11-4-6-12(7-5-11)24(22,23)15(16,17)18/h4-7,10,13H,2-3,8-9,19H2,1H3. The Morgan fingerprint density at radius 2 is 1.88 bits per heavy atom. The molecule has 0 spiro atoms. The molecule has 2 unspecified atom stereocenters. The molecule has 1 aromatic carbocycles. The van der Waals surface area contributed by atoms with E-state index in [1.54, 1.807) is 4.90 Å². The highest BCUT2D eigenvalue weighted by molar-refractivity contribution is 7.92. The number of sulfone groups is 1. The zero-order valence-electron chi connectivity index (χ0n) is 13.1. The van der Waals surface area contributed by atoms with Crippen molar-refractivity contribution in [2.45, 2.75) is 36.2 Å². The molecule has 1 aliphatic heterocycles. The fraction of sp³-hybridized carbons (Fsp3) is 0.533. The number of carbonyl (C=O) groups excluding carboxylic acids is 1. The Balaban J connectivity index is 2.26. The third-order valence-corrected chi connectivity index (χ3v) is 5.84. The minimum atomic E-state index is -5.41. The van der Waals surface area contributed by atoms with Gasteiger partial charge in [-0.3, -0.25) is 4.79 Å². The molecule has 1 amide bonds. The van der Waals surface area contributed by atoms with Crippen molar-refractivity contribution < 1.29 is 26.4 Å². The molecular formula is C15H19F3N2O3S. The number of carbonyl (C=O) groups is 1. The van der Waals surface area contributed by atoms with Gasteiger partial charge in [0, 0.05) is 24.7 Å². The molecule has 2 rings (SSSR count). The summed E-state index contributed by atoms with van der Waals surface area (Å²) in [6, 6.07) is 3.69. The summed E-state index contributed by atoms with van der Waals surface area (Å²) in [5, 5.41) is 0. The van der Waals surface area contributed by atoms with Crippen LogP contribution in [0.3, 0.4) is 0 Å². The van der Waals surface area contributed by atoms with E-state index in [1.807, 2.05) is 6.92 Å². The van der Waals surface area contributed by atoms with Crippen LogP contribution in [0.2, 0.25) is 0 Å². The second-order valence-corrected chi connectivity index (χ2v) is 7.84. The molecule has 1 fully saturated rings. The van der Waals surface area contributed by atoms with Crippen molar-refractivity contribution in [1.82, 2.24) is 4.90 Å². The number of nitrogens with zero attached hydrogens (tertiary/aromatic N) is 1. The first-order chi connectivity index (χ1) is 11.1. The van der Waals surface area contributed by atoms with Gasteiger partial charge in [0.2, 0.25) is 0 Å². The minimum absolute atomic E-state index is 0.134. The smallest absolute Gasteiger partial charge is 0.334 e. The average Bonchev–Trinajstić information content (AvgIpc) is 2.53. The van der Waals surface area contributed by atoms with Gasteiger partial charge in [0.25, 0.3) is 15.7 Å². The van der Waals surface area contributed by atoms with Crippen LogP contribution in [0.4, 0.5) is 13.2 Å². The van der Waals surface area contributed by atoms with E-state index in [9.17, 15) is 26.4 Å². The van der Waals surface area contributed by atoms with Crippen molar-refractivity contribution in [3.63, 3.8) is 0 Å². The van der Waals surface area contributed by atoms with Crippen molar-refractivity contribution in [2.75, 3.05) is 13.1 Å². The van der Waals surface area contributed by atoms with Crippen LogP contribution >= 0.6 is 0 Å². The molecule has 0 radical (unpaired) electrons. The number of rotatable bonds is 3. The van der Waals surface area contributed by atoms with Crippen LogP contribution in [-0.2, 0) is 9.84 Å². The number of amides is 1. The van der Waals surface area contributed by atoms with Gasteiger partial charge in [0.05, 0.1) is 4.90 Å². The van der Waals surface area contributed by atoms with Gasteiger partial charge in [-0.2, -0.15) is 13.2 Å². The van der Waals surface area contributed by atoms with Gasteiger partial charge in [-0.15, -0.1) is 0 Å². The monoisotopic (exact) mass is 364 g/mol. The Kier molecular flexibility index (Phi) is 5.24. The first-order valence-electron chi connectivity index (χ1n) is 7.52. The topological polar surface area (TPSA) is 80.5 Å². The van der Waals surface area contributed by atoms with Gasteiger partial charge in [-0.05, 0) is 43.0 Å². The first-order valence-corrected chi connectivity index (χ1v) is 9.00. The summed E-state index contributed by atoms with van der Waals surface area (Å²) >= 11 is 0. The van der Waals surface area contributed by atoms with Crippen LogP contribution in [0, 0.1) is 5.92 Å². The number of likely N-dealkylation sites (tertiary alicyclic amines) is 1. The third kappa shape index (κ3) is 3.41. The lowest BCUT2D eigenvalue weighted by Crippen LogP contribution is -2.51. The maximum atomic E-state index is 12.6. The van der Waals surface area contributed by atoms with E-state index in [0.717, 1.165) is 37.1 Å². The van der Waals surface area contributed by atoms with Crippen molar-refractivity contribution in [1.29, 1.82) is 0 Å². The Morgan fingerprint density at radius 1 is 1.29 bits per heavy atom. The zero-order chi connectivity index (χ0) is 18.1. The lowest BCUT2D eigenvalue weighted by molar-refractivity contribution is -0.0436. The second-order valence-electron chi connectivity index (χ2n) is 5.89. The van der Waals surface area contributed by atoms with Gasteiger partial charge in [0.1, 0.15) is 0 Å². The summed E-state index contributed by atoms with van der Waals surface area (Å²) in [5.74, 6) is -0.120. The number of piperidine rings is 1. The number of hydrogen-bond donors (Lipinski definition) is 1. The molecule has 0 aromatic heterocycles. The lowest BCUT2D eigenvalue weighted by atomic mass is 9.90. The van der Waals surface area contributed by atoms with Crippen molar-refractivity contribution in [2.24, 2.45) is 11.7 Å². The van der Waals surface area contributed by atoms with Crippen molar-refractivity contribution in [3.8, 4) is 0 Å². The van der Waals surface area contributed by atoms with Crippen LogP contribution < -0.4 is 5.73 Å². The molecule has 1 aliphatic rings. The molecule has 24 heavy (non-hydrogen) atoms. The number of nitrogens with two attached hydrogens (primary N) is 1. The van der Waals surface area contributed by atoms with Crippen LogP contribution in [0.5, 0.6) is 0 Å². The Labute approximate surface area is 138 Å². The molecule has 1 saturated heterocycles. The summed E-state index contributed by atoms with van der Waals surface area (Å²) < 4.78 is 60.3. The minimum Gasteiger partial charge on any atom is -0.334 e. The van der Waals surface area contributed by atoms with E-state index in [4.69, 9.17) is 5.73 Å². The maximum absolute atomic E-state index is 12.6. The number of halogens is 3. The molecule has 0 saturated carbocycles. The summed E-state index contributed by atoms with van der Waals surface area (Å²) in [5.41, 5.74) is 0.504. The van der Waals surface area contributed by atoms with Crippen LogP contribution in [-0.4, -0.2) is 43.9 Å². The Hall–Kier alpha value is -1.61. The number of hydrogen-bond acceptors (Lipinski definition) is 4. The summed E-state index contributed by atoms with van der Waals surface area (Å²) in [6.45, 7) is 2.82. The van der Waals surface area contributed by atoms with Crippen LogP contribution in [0.25, 0.3) is 0 Å². The molecule has 2 atom stereocenters. The van der Waals surface area contributed by atoms with Crippen LogP contribution in [0.15, 0.2) is 29.2 Å². The number of benzene rings is 1. The van der Waals surface area contributed by atoms with E-state index in [0.29, 0.717) is 13.1 Å². The third-order valence-electron chi connectivity index (χ3n) is 4.33. The van der Waals surface area contributed by atoms with Crippen molar-refractivity contribution in [3.05, 3.63) is 29.8 Å². The molecular weight excluding hydrogens is 345 g/mol. The lowest BCUT2D eigenvalue weighted by Gasteiger charge is -2.39. The van der Waals surface area contributed by atoms with Gasteiger partial charge in [-0.1, -0.05) is 6.92 Å². The van der Waals surface area contributed by atoms with Gasteiger partial charge < -0.3 is 10.6 Å². The van der Waals surface area contributed by atoms with Crippen LogP contribution in [0.1, 0.15) is 30.1 Å². The summed E-state index contributed by atoms with van der Waals surface area (Å²) in [7, 11) is -5.41. The van der Waals surface area contributed by atoms with E-state index in [2.05, 4.69) is 0 Å². The quantitative estimate of drug-likeness (QED) is 0.891. The molecule has 0 aliphatic carbocycles. The summed E-state index contributed by atoms with van der Waals surface area (Å²) in [4.78, 5) is 13.3. The predicted molar refractivity (Wildman–Crippen MR) is 82.0 cm³/mol. The normalized spacial score (nSPS) is 22.5. The molecule has 9 heteroatoms. The Bertz CT molecular complexity index is 702. The zero-order valence-corrected chi connectivity index (χ0v) is 13.9. The highest BCUT2D eigenvalue weighted by atomic mass is 32.2.